The molecule has 2 aromatic heterocycles. The van der Waals surface area contributed by atoms with Crippen LogP contribution in [0.1, 0.15) is 20.8 Å². The van der Waals surface area contributed by atoms with E-state index in [1.807, 2.05) is 42.5 Å². The Bertz CT molecular complexity index is 1260. The van der Waals surface area contributed by atoms with E-state index in [0.29, 0.717) is 29.3 Å². The highest BCUT2D eigenvalue weighted by atomic mass is 35.5. The molecule has 4 rings (SSSR count). The lowest BCUT2D eigenvalue weighted by Crippen LogP contribution is -2.48. The van der Waals surface area contributed by atoms with Crippen molar-refractivity contribution in [1.82, 2.24) is 35.8 Å². The van der Waals surface area contributed by atoms with Crippen molar-refractivity contribution < 1.29 is 9.59 Å². The van der Waals surface area contributed by atoms with Gasteiger partial charge < -0.3 is 16.4 Å². The van der Waals surface area contributed by atoms with Gasteiger partial charge in [-0.2, -0.15) is 0 Å². The molecule has 0 aliphatic heterocycles. The number of aromatic nitrogens is 5. The first-order valence-electron chi connectivity index (χ1n) is 10.3. The lowest BCUT2D eigenvalue weighted by atomic mass is 10.0. The summed E-state index contributed by atoms with van der Waals surface area (Å²) in [5, 5.41) is 17.8. The Balaban J connectivity index is 1.44. The minimum absolute atomic E-state index is 0.286. The van der Waals surface area contributed by atoms with Crippen molar-refractivity contribution in [1.29, 1.82) is 0 Å². The number of tetrazole rings is 1. The molecule has 0 aliphatic rings. The quantitative estimate of drug-likeness (QED) is 0.322. The second-order valence-electron chi connectivity index (χ2n) is 7.35. The van der Waals surface area contributed by atoms with Crippen LogP contribution in [0.2, 0.25) is 5.02 Å². The van der Waals surface area contributed by atoms with Crippen molar-refractivity contribution in [2.75, 3.05) is 12.3 Å². The number of amides is 2. The van der Waals surface area contributed by atoms with E-state index in [1.54, 1.807) is 6.07 Å². The van der Waals surface area contributed by atoms with E-state index >= 15 is 0 Å². The van der Waals surface area contributed by atoms with Gasteiger partial charge >= 0.3 is 0 Å². The smallest absolute Gasteiger partial charge is 0.263 e. The van der Waals surface area contributed by atoms with Crippen molar-refractivity contribution in [3.8, 4) is 5.69 Å². The van der Waals surface area contributed by atoms with Gasteiger partial charge in [0.05, 0.1) is 11.9 Å². The zero-order chi connectivity index (χ0) is 23.9. The van der Waals surface area contributed by atoms with Gasteiger partial charge in [-0.15, -0.1) is 5.10 Å². The van der Waals surface area contributed by atoms with Gasteiger partial charge in [0, 0.05) is 18.0 Å². The van der Waals surface area contributed by atoms with Gasteiger partial charge in [-0.25, -0.2) is 9.67 Å². The molecule has 12 heteroatoms. The zero-order valence-electron chi connectivity index (χ0n) is 17.9. The van der Waals surface area contributed by atoms with Gasteiger partial charge in [-0.1, -0.05) is 53.3 Å². The molecule has 1 atom stereocenters. The summed E-state index contributed by atoms with van der Waals surface area (Å²) in [4.78, 5) is 30.0. The van der Waals surface area contributed by atoms with E-state index in [2.05, 4.69) is 31.1 Å². The van der Waals surface area contributed by atoms with Gasteiger partial charge in [0.1, 0.15) is 17.2 Å². The van der Waals surface area contributed by atoms with Crippen molar-refractivity contribution in [2.45, 2.75) is 18.9 Å². The number of nitrogens with one attached hydrogen (secondary N) is 2. The van der Waals surface area contributed by atoms with Crippen LogP contribution in [0, 0.1) is 0 Å². The number of carbonyl (C=O) groups excluding carboxylic acids is 2. The van der Waals surface area contributed by atoms with Crippen LogP contribution >= 0.6 is 22.9 Å². The summed E-state index contributed by atoms with van der Waals surface area (Å²) in [5.41, 5.74) is 8.18. The molecule has 0 fully saturated rings. The first kappa shape index (κ1) is 23.3. The molecule has 0 unspecified atom stereocenters. The predicted octanol–water partition coefficient (Wildman–Crippen LogP) is 2.05. The van der Waals surface area contributed by atoms with Crippen LogP contribution in [0.15, 0.2) is 61.1 Å². The molecule has 2 aromatic carbocycles. The molecule has 0 saturated heterocycles. The highest BCUT2D eigenvalue weighted by Crippen LogP contribution is 2.19. The normalized spacial score (nSPS) is 11.7. The molecular weight excluding hydrogens is 476 g/mol. The zero-order valence-corrected chi connectivity index (χ0v) is 19.5. The van der Waals surface area contributed by atoms with E-state index < -0.39 is 11.9 Å². The average molecular weight is 497 g/mol. The Morgan fingerprint density at radius 1 is 1.18 bits per heavy atom. The molecule has 4 N–H and O–H groups in total. The van der Waals surface area contributed by atoms with Crippen LogP contribution in [0.5, 0.6) is 0 Å². The number of rotatable bonds is 9. The van der Waals surface area contributed by atoms with Crippen LogP contribution in [-0.4, -0.2) is 49.6 Å². The summed E-state index contributed by atoms with van der Waals surface area (Å²) >= 11 is 7.23. The van der Waals surface area contributed by atoms with Gasteiger partial charge in [0.2, 0.25) is 5.91 Å². The molecule has 2 heterocycles. The third kappa shape index (κ3) is 5.94. The minimum Gasteiger partial charge on any atom is -0.375 e. The maximum atomic E-state index is 13.1. The van der Waals surface area contributed by atoms with E-state index in [4.69, 9.17) is 17.3 Å². The first-order valence-corrected chi connectivity index (χ1v) is 11.5. The number of thiazole rings is 1. The number of halogens is 1. The second-order valence-corrected chi connectivity index (χ2v) is 8.85. The Kier molecular flexibility index (Phi) is 7.45. The predicted molar refractivity (Wildman–Crippen MR) is 129 cm³/mol. The Hall–Kier alpha value is -3.83. The minimum atomic E-state index is -0.781. The largest absolute Gasteiger partial charge is 0.375 e. The fraction of sp³-hybridized carbons (Fsp3) is 0.182. The van der Waals surface area contributed by atoms with E-state index in [0.717, 1.165) is 28.2 Å². The standard InChI is InChI=1S/C22H21ClN8O2S/c23-16-6-7-18(31-13-27-29-30-31)15(11-16)8-9-25-20(32)17(10-14-4-2-1-3-5-14)28-21(33)19-12-26-22(24)34-19/h1-7,11-13,17H,8-10H2,(H2,24,26)(H,25,32)(H,28,33)/t17-/m0/s1. The Labute approximate surface area is 204 Å². The number of nitrogen functional groups attached to an aromatic ring is 1. The lowest BCUT2D eigenvalue weighted by molar-refractivity contribution is -0.122. The van der Waals surface area contributed by atoms with E-state index in [9.17, 15) is 9.59 Å². The molecule has 0 spiro atoms. The molecule has 0 aliphatic carbocycles. The van der Waals surface area contributed by atoms with Crippen LogP contribution < -0.4 is 16.4 Å². The second kappa shape index (κ2) is 10.9. The Morgan fingerprint density at radius 2 is 2.00 bits per heavy atom. The summed E-state index contributed by atoms with van der Waals surface area (Å²) in [6.07, 6.45) is 3.70. The van der Waals surface area contributed by atoms with Crippen LogP contribution in [0.3, 0.4) is 0 Å². The summed E-state index contributed by atoms with van der Waals surface area (Å²) in [7, 11) is 0. The third-order valence-corrected chi connectivity index (χ3v) is 6.04. The average Bonchev–Trinajstić information content (AvgIpc) is 3.51. The number of anilines is 1. The molecule has 0 saturated carbocycles. The summed E-state index contributed by atoms with van der Waals surface area (Å²) in [5.74, 6) is -0.707. The number of carbonyl (C=O) groups is 2. The number of nitrogens with two attached hydrogens (primary N) is 1. The maximum absolute atomic E-state index is 13.1. The highest BCUT2D eigenvalue weighted by molar-refractivity contribution is 7.17. The Morgan fingerprint density at radius 3 is 2.71 bits per heavy atom. The van der Waals surface area contributed by atoms with Gasteiger partial charge in [-0.3, -0.25) is 9.59 Å². The van der Waals surface area contributed by atoms with Crippen molar-refractivity contribution in [3.05, 3.63) is 82.1 Å². The fourth-order valence-electron chi connectivity index (χ4n) is 3.37. The maximum Gasteiger partial charge on any atom is 0.263 e. The van der Waals surface area contributed by atoms with Crippen molar-refractivity contribution in [3.63, 3.8) is 0 Å². The van der Waals surface area contributed by atoms with Gasteiger partial charge in [0.15, 0.2) is 5.13 Å². The number of benzene rings is 2. The third-order valence-electron chi connectivity index (χ3n) is 4.98. The molecule has 10 nitrogen and oxygen atoms in total. The SMILES string of the molecule is Nc1ncc(C(=O)N[C@@H](Cc2ccccc2)C(=O)NCCc2cc(Cl)ccc2-n2cnnn2)s1. The molecule has 2 amide bonds. The number of hydrogen-bond acceptors (Lipinski definition) is 8. The molecule has 4 aromatic rings. The van der Waals surface area contributed by atoms with Gasteiger partial charge in [0.25, 0.3) is 5.91 Å². The van der Waals surface area contributed by atoms with Gasteiger partial charge in [-0.05, 0) is 46.2 Å². The lowest BCUT2D eigenvalue weighted by Gasteiger charge is -2.18. The van der Waals surface area contributed by atoms with Crippen LogP contribution in [-0.2, 0) is 17.6 Å². The van der Waals surface area contributed by atoms with E-state index in [-0.39, 0.29) is 11.0 Å². The molecule has 174 valence electrons. The molecular formula is C22H21ClN8O2S. The fourth-order valence-corrected chi connectivity index (χ4v) is 4.16. The summed E-state index contributed by atoms with van der Waals surface area (Å²) < 4.78 is 1.53. The topological polar surface area (TPSA) is 141 Å². The van der Waals surface area contributed by atoms with Crippen molar-refractivity contribution >= 4 is 39.9 Å². The van der Waals surface area contributed by atoms with Crippen molar-refractivity contribution in [2.24, 2.45) is 0 Å². The number of hydrogen-bond donors (Lipinski definition) is 3. The molecule has 34 heavy (non-hydrogen) atoms. The van der Waals surface area contributed by atoms with Crippen LogP contribution in [0.4, 0.5) is 5.13 Å². The van der Waals surface area contributed by atoms with E-state index in [1.165, 1.54) is 17.2 Å². The molecule has 0 radical (unpaired) electrons. The number of nitrogens with zero attached hydrogens (tertiary/aromatic N) is 5. The summed E-state index contributed by atoms with van der Waals surface area (Å²) in [6.45, 7) is 0.322. The monoisotopic (exact) mass is 496 g/mol. The highest BCUT2D eigenvalue weighted by Gasteiger charge is 2.23. The first-order chi connectivity index (χ1) is 16.5. The molecule has 0 bridgehead atoms. The summed E-state index contributed by atoms with van der Waals surface area (Å²) in [6, 6.07) is 14.1. The van der Waals surface area contributed by atoms with Crippen LogP contribution in [0.25, 0.3) is 5.69 Å².